The van der Waals surface area contributed by atoms with Crippen LogP contribution in [0.25, 0.3) is 0 Å². The van der Waals surface area contributed by atoms with Crippen LogP contribution in [0.5, 0.6) is 0 Å². The summed E-state index contributed by atoms with van der Waals surface area (Å²) in [5, 5.41) is 0. The van der Waals surface area contributed by atoms with Gasteiger partial charge in [-0.05, 0) is 38.8 Å². The fourth-order valence-electron chi connectivity index (χ4n) is 1.15. The van der Waals surface area contributed by atoms with Crippen molar-refractivity contribution in [3.8, 4) is 0 Å². The molecule has 72 valence electrons. The number of para-hydroxylation sites is 1. The average molecular weight is 179 g/mol. The third kappa shape index (κ3) is 2.74. The second kappa shape index (κ2) is 4.28. The second-order valence-corrected chi connectivity index (χ2v) is 3.54. The van der Waals surface area contributed by atoms with Gasteiger partial charge in [0.05, 0.1) is 11.8 Å². The first-order valence-corrected chi connectivity index (χ1v) is 4.59. The maximum atomic E-state index is 5.34. The molecule has 0 radical (unpaired) electrons. The van der Waals surface area contributed by atoms with Gasteiger partial charge in [0.2, 0.25) is 0 Å². The largest absolute Gasteiger partial charge is 0.273 e. The van der Waals surface area contributed by atoms with E-state index in [4.69, 9.17) is 4.84 Å². The highest BCUT2D eigenvalue weighted by Gasteiger charge is 2.01. The lowest BCUT2D eigenvalue weighted by Gasteiger charge is -2.14. The van der Waals surface area contributed by atoms with Crippen LogP contribution in [0.4, 0.5) is 5.69 Å². The minimum absolute atomic E-state index is 0.194. The third-order valence-corrected chi connectivity index (χ3v) is 1.88. The molecule has 13 heavy (non-hydrogen) atoms. The van der Waals surface area contributed by atoms with Gasteiger partial charge in [-0.1, -0.05) is 18.2 Å². The Kier molecular flexibility index (Phi) is 3.32. The molecule has 0 aliphatic heterocycles. The van der Waals surface area contributed by atoms with Crippen LogP contribution in [0, 0.1) is 13.8 Å². The Labute approximate surface area is 79.9 Å². The van der Waals surface area contributed by atoms with Crippen LogP contribution >= 0.6 is 0 Å². The highest BCUT2D eigenvalue weighted by Crippen LogP contribution is 2.19. The minimum atomic E-state index is 0.194. The lowest BCUT2D eigenvalue weighted by atomic mass is 10.1. The summed E-state index contributed by atoms with van der Waals surface area (Å²) in [6.07, 6.45) is 0.194. The van der Waals surface area contributed by atoms with Gasteiger partial charge >= 0.3 is 0 Å². The molecule has 0 bridgehead atoms. The average Bonchev–Trinajstić information content (AvgIpc) is 2.03. The van der Waals surface area contributed by atoms with Gasteiger partial charge in [0.15, 0.2) is 0 Å². The first-order chi connectivity index (χ1) is 6.11. The van der Waals surface area contributed by atoms with E-state index in [1.807, 2.05) is 19.9 Å². The van der Waals surface area contributed by atoms with Gasteiger partial charge < -0.3 is 0 Å². The van der Waals surface area contributed by atoms with Gasteiger partial charge in [-0.25, -0.2) is 0 Å². The normalized spacial score (nSPS) is 10.5. The van der Waals surface area contributed by atoms with Crippen molar-refractivity contribution < 1.29 is 4.84 Å². The molecule has 1 aromatic carbocycles. The summed E-state index contributed by atoms with van der Waals surface area (Å²) in [5.74, 6) is 0. The molecule has 1 N–H and O–H groups in total. The summed E-state index contributed by atoms with van der Waals surface area (Å²) in [6, 6.07) is 6.18. The lowest BCUT2D eigenvalue weighted by Crippen LogP contribution is -2.10. The standard InChI is InChI=1S/C11H17NO/c1-8(2)13-12-11-9(3)6-5-7-10(11)4/h5-8,12H,1-4H3. The van der Waals surface area contributed by atoms with Crippen molar-refractivity contribution in [1.29, 1.82) is 0 Å². The first-order valence-electron chi connectivity index (χ1n) is 4.59. The summed E-state index contributed by atoms with van der Waals surface area (Å²) < 4.78 is 0. The summed E-state index contributed by atoms with van der Waals surface area (Å²) in [4.78, 5) is 5.34. The van der Waals surface area contributed by atoms with Crippen molar-refractivity contribution >= 4 is 5.69 Å². The summed E-state index contributed by atoms with van der Waals surface area (Å²) in [6.45, 7) is 8.14. The van der Waals surface area contributed by atoms with Gasteiger partial charge in [-0.15, -0.1) is 0 Å². The van der Waals surface area contributed by atoms with Crippen LogP contribution in [0.1, 0.15) is 25.0 Å². The highest BCUT2D eigenvalue weighted by molar-refractivity contribution is 5.55. The first kappa shape index (κ1) is 10.1. The minimum Gasteiger partial charge on any atom is -0.273 e. The zero-order valence-corrected chi connectivity index (χ0v) is 8.72. The quantitative estimate of drug-likeness (QED) is 0.720. The molecule has 0 aliphatic carbocycles. The maximum absolute atomic E-state index is 5.34. The van der Waals surface area contributed by atoms with E-state index >= 15 is 0 Å². The van der Waals surface area contributed by atoms with E-state index in [2.05, 4.69) is 31.5 Å². The molecule has 0 fully saturated rings. The van der Waals surface area contributed by atoms with Gasteiger partial charge in [0, 0.05) is 0 Å². The summed E-state index contributed by atoms with van der Waals surface area (Å²) >= 11 is 0. The Morgan fingerprint density at radius 2 is 1.69 bits per heavy atom. The van der Waals surface area contributed by atoms with Crippen molar-refractivity contribution in [2.75, 3.05) is 5.48 Å². The monoisotopic (exact) mass is 179 g/mol. The molecule has 2 heteroatoms. The van der Waals surface area contributed by atoms with Crippen LogP contribution in [-0.2, 0) is 4.84 Å². The molecule has 0 atom stereocenters. The van der Waals surface area contributed by atoms with E-state index in [0.717, 1.165) is 5.69 Å². The van der Waals surface area contributed by atoms with Crippen LogP contribution in [-0.4, -0.2) is 6.10 Å². The molecule has 0 amide bonds. The molecule has 0 saturated carbocycles. The van der Waals surface area contributed by atoms with Crippen LogP contribution < -0.4 is 5.48 Å². The van der Waals surface area contributed by atoms with Crippen molar-refractivity contribution in [1.82, 2.24) is 0 Å². The van der Waals surface area contributed by atoms with E-state index in [1.54, 1.807) is 0 Å². The summed E-state index contributed by atoms with van der Waals surface area (Å²) in [5.41, 5.74) is 6.48. The Morgan fingerprint density at radius 3 is 2.15 bits per heavy atom. The summed E-state index contributed by atoms with van der Waals surface area (Å²) in [7, 11) is 0. The number of aryl methyl sites for hydroxylation is 2. The zero-order valence-electron chi connectivity index (χ0n) is 8.72. The number of hydrogen-bond donors (Lipinski definition) is 1. The van der Waals surface area contributed by atoms with Crippen LogP contribution in [0.3, 0.4) is 0 Å². The predicted molar refractivity (Wildman–Crippen MR) is 55.8 cm³/mol. The van der Waals surface area contributed by atoms with Crippen molar-refractivity contribution in [3.63, 3.8) is 0 Å². The van der Waals surface area contributed by atoms with Gasteiger partial charge in [-0.2, -0.15) is 0 Å². The Balaban J connectivity index is 2.75. The molecule has 1 rings (SSSR count). The molecule has 2 nitrogen and oxygen atoms in total. The van der Waals surface area contributed by atoms with Crippen molar-refractivity contribution in [3.05, 3.63) is 29.3 Å². The maximum Gasteiger partial charge on any atom is 0.0797 e. The lowest BCUT2D eigenvalue weighted by molar-refractivity contribution is 0.130. The molecule has 0 aromatic heterocycles. The van der Waals surface area contributed by atoms with Gasteiger partial charge in [-0.3, -0.25) is 10.3 Å². The van der Waals surface area contributed by atoms with E-state index in [0.29, 0.717) is 0 Å². The molecule has 0 unspecified atom stereocenters. The molecule has 0 heterocycles. The fourth-order valence-corrected chi connectivity index (χ4v) is 1.15. The Bertz CT molecular complexity index is 261. The molecular formula is C11H17NO. The number of hydrogen-bond acceptors (Lipinski definition) is 2. The topological polar surface area (TPSA) is 21.3 Å². The van der Waals surface area contributed by atoms with E-state index in [1.165, 1.54) is 11.1 Å². The highest BCUT2D eigenvalue weighted by atomic mass is 16.7. The third-order valence-electron chi connectivity index (χ3n) is 1.88. The number of anilines is 1. The molecular weight excluding hydrogens is 162 g/mol. The van der Waals surface area contributed by atoms with Crippen molar-refractivity contribution in [2.45, 2.75) is 33.8 Å². The fraction of sp³-hybridized carbons (Fsp3) is 0.455. The van der Waals surface area contributed by atoms with Crippen molar-refractivity contribution in [2.24, 2.45) is 0 Å². The smallest absolute Gasteiger partial charge is 0.0797 e. The molecule has 0 spiro atoms. The van der Waals surface area contributed by atoms with E-state index in [-0.39, 0.29) is 6.10 Å². The van der Waals surface area contributed by atoms with E-state index in [9.17, 15) is 0 Å². The Hall–Kier alpha value is -1.02. The van der Waals surface area contributed by atoms with Crippen LogP contribution in [0.15, 0.2) is 18.2 Å². The van der Waals surface area contributed by atoms with Gasteiger partial charge in [0.1, 0.15) is 0 Å². The molecule has 0 aliphatic rings. The van der Waals surface area contributed by atoms with Crippen LogP contribution in [0.2, 0.25) is 0 Å². The second-order valence-electron chi connectivity index (χ2n) is 3.54. The number of benzene rings is 1. The SMILES string of the molecule is Cc1cccc(C)c1NOC(C)C. The predicted octanol–water partition coefficient (Wildman–Crippen LogP) is 3.06. The number of rotatable bonds is 3. The number of nitrogens with one attached hydrogen (secondary N) is 1. The van der Waals surface area contributed by atoms with E-state index < -0.39 is 0 Å². The molecule has 1 aromatic rings. The zero-order chi connectivity index (χ0) is 9.84. The molecule has 0 saturated heterocycles. The Morgan fingerprint density at radius 1 is 1.15 bits per heavy atom. The van der Waals surface area contributed by atoms with Gasteiger partial charge in [0.25, 0.3) is 0 Å².